The Hall–Kier alpha value is -2.10. The molecule has 0 radical (unpaired) electrons. The maximum absolute atomic E-state index is 12.5. The summed E-state index contributed by atoms with van der Waals surface area (Å²) in [6, 6.07) is 15.7. The smallest absolute Gasteiger partial charge is 0.507 e. The number of carbonyl (C=O) groups excluding carboxylic acids is 1. The molecule has 0 saturated carbocycles. The molecule has 140 valence electrons. The van der Waals surface area contributed by atoms with Crippen LogP contribution in [0.1, 0.15) is 6.92 Å². The van der Waals surface area contributed by atoms with Gasteiger partial charge in [0.05, 0.1) is 22.9 Å². The summed E-state index contributed by atoms with van der Waals surface area (Å²) < 4.78 is 37.2. The summed E-state index contributed by atoms with van der Waals surface area (Å²) in [5.74, 6) is -0.297. The van der Waals surface area contributed by atoms with Crippen LogP contribution < -0.4 is 34.5 Å². The molecule has 0 aromatic heterocycles. The van der Waals surface area contributed by atoms with Gasteiger partial charge < -0.3 is 9.84 Å². The van der Waals surface area contributed by atoms with E-state index in [0.717, 1.165) is 6.07 Å². The fraction of sp³-hybridized carbons (Fsp3) is 0.105. The summed E-state index contributed by atoms with van der Waals surface area (Å²) in [6.45, 7) is 1.88. The Morgan fingerprint density at radius 1 is 1.04 bits per heavy atom. The van der Waals surface area contributed by atoms with Crippen molar-refractivity contribution in [2.45, 2.75) is 11.8 Å². The van der Waals surface area contributed by atoms with Gasteiger partial charge in [0.15, 0.2) is 0 Å². The number of benzene rings is 3. The first-order valence-electron chi connectivity index (χ1n) is 8.07. The number of rotatable bonds is 4. The van der Waals surface area contributed by atoms with Gasteiger partial charge in [0.1, 0.15) is 5.75 Å². The van der Waals surface area contributed by atoms with Gasteiger partial charge in [0.2, 0.25) is 0 Å². The van der Waals surface area contributed by atoms with E-state index in [1.807, 2.05) is 6.07 Å². The van der Waals surface area contributed by atoms with E-state index in [1.165, 1.54) is 17.0 Å². The third kappa shape index (κ3) is 4.65. The van der Waals surface area contributed by atoms with Crippen LogP contribution in [0.25, 0.3) is 10.8 Å². The number of nitrogens with zero attached hydrogens (tertiary/aromatic N) is 1. The molecule has 3 rings (SSSR count). The SMILES string of the molecule is CCOC(=O)N(c1ccccc1)c1ccc2c(O)cc(S(=O)(=O)O)cc2c1.[Na+]. The van der Waals surface area contributed by atoms with E-state index in [-0.39, 0.29) is 41.9 Å². The molecular weight excluding hydrogens is 393 g/mol. The maximum atomic E-state index is 12.5. The van der Waals surface area contributed by atoms with Crippen molar-refractivity contribution in [3.63, 3.8) is 0 Å². The summed E-state index contributed by atoms with van der Waals surface area (Å²) >= 11 is 0. The molecule has 0 unspecified atom stereocenters. The Balaban J connectivity index is 0.00000280. The number of fused-ring (bicyclic) bond motifs is 1. The second-order valence-corrected chi connectivity index (χ2v) is 7.11. The average Bonchev–Trinajstić information content (AvgIpc) is 2.62. The minimum Gasteiger partial charge on any atom is -0.507 e. The van der Waals surface area contributed by atoms with Crippen LogP contribution >= 0.6 is 0 Å². The predicted molar refractivity (Wildman–Crippen MR) is 101 cm³/mol. The third-order valence-electron chi connectivity index (χ3n) is 3.91. The van der Waals surface area contributed by atoms with Crippen LogP contribution in [-0.4, -0.2) is 30.8 Å². The number of hydrogen-bond donors (Lipinski definition) is 2. The molecule has 0 bridgehead atoms. The zero-order valence-corrected chi connectivity index (χ0v) is 18.2. The van der Waals surface area contributed by atoms with Crippen molar-refractivity contribution in [1.29, 1.82) is 0 Å². The standard InChI is InChI=1S/C19H17NO6S.Na/c1-2-26-19(22)20(14-6-4-3-5-7-14)15-8-9-17-13(10-15)11-16(12-18(17)21)27(23,24)25;/h3-12,21H,2H2,1H3,(H,23,24,25);/q;+1. The molecule has 0 saturated heterocycles. The predicted octanol–water partition coefficient (Wildman–Crippen LogP) is 1.09. The average molecular weight is 410 g/mol. The Kier molecular flexibility index (Phi) is 7.08. The van der Waals surface area contributed by atoms with Crippen molar-refractivity contribution < 1.29 is 57.2 Å². The molecule has 3 aromatic rings. The normalized spacial score (nSPS) is 10.9. The van der Waals surface area contributed by atoms with E-state index in [1.54, 1.807) is 43.3 Å². The zero-order valence-electron chi connectivity index (χ0n) is 15.4. The molecule has 0 aliphatic carbocycles. The summed E-state index contributed by atoms with van der Waals surface area (Å²) in [6.07, 6.45) is -0.599. The fourth-order valence-corrected chi connectivity index (χ4v) is 3.26. The van der Waals surface area contributed by atoms with E-state index < -0.39 is 21.1 Å². The van der Waals surface area contributed by atoms with Crippen molar-refractivity contribution in [2.75, 3.05) is 11.5 Å². The van der Waals surface area contributed by atoms with E-state index >= 15 is 0 Å². The zero-order chi connectivity index (χ0) is 19.6. The van der Waals surface area contributed by atoms with Crippen LogP contribution in [0.4, 0.5) is 16.2 Å². The monoisotopic (exact) mass is 410 g/mol. The molecule has 0 aliphatic rings. The topological polar surface area (TPSA) is 104 Å². The number of phenols is 1. The number of phenolic OH excluding ortho intramolecular Hbond substituents is 1. The van der Waals surface area contributed by atoms with Gasteiger partial charge in [-0.25, -0.2) is 9.69 Å². The fourth-order valence-electron chi connectivity index (χ4n) is 2.72. The number of carbonyl (C=O) groups is 1. The van der Waals surface area contributed by atoms with E-state index in [9.17, 15) is 22.9 Å². The summed E-state index contributed by atoms with van der Waals surface area (Å²) in [4.78, 5) is 13.4. The minimum atomic E-state index is -4.49. The van der Waals surface area contributed by atoms with Crippen LogP contribution in [0.15, 0.2) is 65.6 Å². The first-order chi connectivity index (χ1) is 12.8. The molecule has 7 nitrogen and oxygen atoms in total. The Labute approximate surface area is 184 Å². The number of para-hydroxylation sites is 1. The first kappa shape index (κ1) is 22.2. The van der Waals surface area contributed by atoms with E-state index in [0.29, 0.717) is 22.1 Å². The van der Waals surface area contributed by atoms with Gasteiger partial charge in [-0.3, -0.25) is 4.55 Å². The van der Waals surface area contributed by atoms with E-state index in [4.69, 9.17) is 4.74 Å². The van der Waals surface area contributed by atoms with Gasteiger partial charge >= 0.3 is 35.7 Å². The van der Waals surface area contributed by atoms with Crippen molar-refractivity contribution in [2.24, 2.45) is 0 Å². The summed E-state index contributed by atoms with van der Waals surface area (Å²) in [5, 5.41) is 10.8. The molecule has 0 heterocycles. The second-order valence-electron chi connectivity index (χ2n) is 5.69. The molecule has 1 amide bonds. The van der Waals surface area contributed by atoms with Crippen LogP contribution in [0, 0.1) is 0 Å². The summed E-state index contributed by atoms with van der Waals surface area (Å²) in [5.41, 5.74) is 0.976. The van der Waals surface area contributed by atoms with Crippen LogP contribution in [0.3, 0.4) is 0 Å². The first-order valence-corrected chi connectivity index (χ1v) is 9.51. The molecule has 0 aliphatic heterocycles. The van der Waals surface area contributed by atoms with Crippen molar-refractivity contribution >= 4 is 38.4 Å². The number of aromatic hydroxyl groups is 1. The van der Waals surface area contributed by atoms with E-state index in [2.05, 4.69) is 0 Å². The van der Waals surface area contributed by atoms with Crippen molar-refractivity contribution in [3.05, 3.63) is 60.7 Å². The van der Waals surface area contributed by atoms with Gasteiger partial charge in [-0.2, -0.15) is 8.42 Å². The molecule has 28 heavy (non-hydrogen) atoms. The largest absolute Gasteiger partial charge is 1.00 e. The second kappa shape index (κ2) is 8.93. The van der Waals surface area contributed by atoms with Gasteiger partial charge in [-0.05, 0) is 48.7 Å². The summed E-state index contributed by atoms with van der Waals surface area (Å²) in [7, 11) is -4.49. The molecule has 9 heteroatoms. The maximum Gasteiger partial charge on any atom is 1.00 e. The number of ether oxygens (including phenoxy) is 1. The van der Waals surface area contributed by atoms with Crippen molar-refractivity contribution in [1.82, 2.24) is 0 Å². The number of anilines is 2. The van der Waals surface area contributed by atoms with Crippen molar-refractivity contribution in [3.8, 4) is 5.75 Å². The van der Waals surface area contributed by atoms with Gasteiger partial charge in [0.25, 0.3) is 10.1 Å². The molecule has 0 fully saturated rings. The molecule has 0 spiro atoms. The van der Waals surface area contributed by atoms with Gasteiger partial charge in [-0.15, -0.1) is 0 Å². The minimum absolute atomic E-state index is 0. The molecule has 3 aromatic carbocycles. The van der Waals surface area contributed by atoms with Crippen LogP contribution in [0.2, 0.25) is 0 Å². The Morgan fingerprint density at radius 2 is 1.71 bits per heavy atom. The third-order valence-corrected chi connectivity index (χ3v) is 4.74. The van der Waals surface area contributed by atoms with Gasteiger partial charge in [0, 0.05) is 11.5 Å². The Bertz CT molecular complexity index is 1100. The quantitative estimate of drug-likeness (QED) is 0.493. The van der Waals surface area contributed by atoms with Crippen LogP contribution in [-0.2, 0) is 14.9 Å². The molecule has 0 atom stereocenters. The molecule has 2 N–H and O–H groups in total. The van der Waals surface area contributed by atoms with Crippen LogP contribution in [0.5, 0.6) is 5.75 Å². The number of hydrogen-bond acceptors (Lipinski definition) is 5. The van der Waals surface area contributed by atoms with Gasteiger partial charge in [-0.1, -0.05) is 18.2 Å². The number of amides is 1. The Morgan fingerprint density at radius 3 is 2.32 bits per heavy atom. The molecular formula is C19H17NNaO6S+.